The molecular weight excluding hydrogens is 250 g/mol. The van der Waals surface area contributed by atoms with Crippen molar-refractivity contribution >= 4 is 11.6 Å². The number of nitrogens with zero attached hydrogens (tertiary/aromatic N) is 4. The van der Waals surface area contributed by atoms with Crippen LogP contribution in [0.5, 0.6) is 0 Å². The predicted molar refractivity (Wildman–Crippen MR) is 84.0 cm³/mol. The van der Waals surface area contributed by atoms with Gasteiger partial charge in [-0.15, -0.1) is 0 Å². The van der Waals surface area contributed by atoms with Crippen molar-refractivity contribution in [3.8, 4) is 0 Å². The van der Waals surface area contributed by atoms with E-state index in [0.29, 0.717) is 11.9 Å². The number of nitrogens with two attached hydrogens (primary N) is 1. The molecular formula is C15H27N5. The third kappa shape index (κ3) is 3.60. The van der Waals surface area contributed by atoms with Gasteiger partial charge in [-0.3, -0.25) is 4.90 Å². The molecule has 1 aliphatic heterocycles. The molecule has 2 rings (SSSR count). The average molecular weight is 277 g/mol. The zero-order valence-electron chi connectivity index (χ0n) is 13.0. The van der Waals surface area contributed by atoms with Gasteiger partial charge in [0.2, 0.25) is 0 Å². The van der Waals surface area contributed by atoms with Gasteiger partial charge in [-0.2, -0.15) is 0 Å². The van der Waals surface area contributed by atoms with Crippen molar-refractivity contribution < 1.29 is 0 Å². The second kappa shape index (κ2) is 6.88. The highest BCUT2D eigenvalue weighted by molar-refractivity contribution is 5.46. The molecule has 1 unspecified atom stereocenters. The fourth-order valence-electron chi connectivity index (χ4n) is 2.96. The van der Waals surface area contributed by atoms with E-state index in [-0.39, 0.29) is 0 Å². The summed E-state index contributed by atoms with van der Waals surface area (Å²) in [6.07, 6.45) is 4.51. The standard InChI is InChI=1S/C15H27N5/c1-4-7-14-17-13(16)10-15(18-14)19(3)11-12-8-6-9-20(12)5-2/h10,12H,4-9,11H2,1-3H3,(H2,16,17,18). The highest BCUT2D eigenvalue weighted by Gasteiger charge is 2.24. The number of hydrogen-bond donors (Lipinski definition) is 1. The highest BCUT2D eigenvalue weighted by atomic mass is 15.2. The molecule has 0 saturated carbocycles. The van der Waals surface area contributed by atoms with Gasteiger partial charge < -0.3 is 10.6 Å². The highest BCUT2D eigenvalue weighted by Crippen LogP contribution is 2.20. The average Bonchev–Trinajstić information content (AvgIpc) is 2.85. The number of rotatable bonds is 6. The predicted octanol–water partition coefficient (Wildman–Crippen LogP) is 1.93. The number of likely N-dealkylation sites (N-methyl/N-ethyl adjacent to an activating group) is 2. The first-order valence-electron chi connectivity index (χ1n) is 7.72. The smallest absolute Gasteiger partial charge is 0.134 e. The van der Waals surface area contributed by atoms with Crippen molar-refractivity contribution in [3.05, 3.63) is 11.9 Å². The molecule has 2 heterocycles. The van der Waals surface area contributed by atoms with Crippen LogP contribution in [0.2, 0.25) is 0 Å². The van der Waals surface area contributed by atoms with Crippen LogP contribution in [-0.4, -0.2) is 47.6 Å². The molecule has 0 radical (unpaired) electrons. The van der Waals surface area contributed by atoms with E-state index < -0.39 is 0 Å². The van der Waals surface area contributed by atoms with Crippen LogP contribution in [0, 0.1) is 0 Å². The van der Waals surface area contributed by atoms with Crippen LogP contribution in [0.25, 0.3) is 0 Å². The van der Waals surface area contributed by atoms with Crippen LogP contribution in [0.3, 0.4) is 0 Å². The fraction of sp³-hybridized carbons (Fsp3) is 0.733. The zero-order valence-corrected chi connectivity index (χ0v) is 13.0. The third-order valence-electron chi connectivity index (χ3n) is 4.03. The minimum atomic E-state index is 0.573. The van der Waals surface area contributed by atoms with Gasteiger partial charge in [0.1, 0.15) is 17.5 Å². The summed E-state index contributed by atoms with van der Waals surface area (Å²) in [5.41, 5.74) is 5.90. The summed E-state index contributed by atoms with van der Waals surface area (Å²) in [7, 11) is 2.10. The van der Waals surface area contributed by atoms with Crippen molar-refractivity contribution in [2.24, 2.45) is 0 Å². The number of hydrogen-bond acceptors (Lipinski definition) is 5. The van der Waals surface area contributed by atoms with Gasteiger partial charge >= 0.3 is 0 Å². The molecule has 1 aromatic rings. The third-order valence-corrected chi connectivity index (χ3v) is 4.03. The maximum absolute atomic E-state index is 5.90. The quantitative estimate of drug-likeness (QED) is 0.861. The van der Waals surface area contributed by atoms with Gasteiger partial charge in [-0.1, -0.05) is 13.8 Å². The molecule has 20 heavy (non-hydrogen) atoms. The van der Waals surface area contributed by atoms with Crippen molar-refractivity contribution in [3.63, 3.8) is 0 Å². The van der Waals surface area contributed by atoms with Gasteiger partial charge in [0.15, 0.2) is 0 Å². The Morgan fingerprint density at radius 2 is 2.20 bits per heavy atom. The molecule has 0 spiro atoms. The van der Waals surface area contributed by atoms with Crippen LogP contribution in [0.4, 0.5) is 11.6 Å². The lowest BCUT2D eigenvalue weighted by Crippen LogP contribution is -2.39. The number of likely N-dealkylation sites (tertiary alicyclic amines) is 1. The maximum atomic E-state index is 5.90. The van der Waals surface area contributed by atoms with Crippen LogP contribution in [0.1, 0.15) is 38.9 Å². The largest absolute Gasteiger partial charge is 0.384 e. The Hall–Kier alpha value is -1.36. The minimum absolute atomic E-state index is 0.573. The Bertz CT molecular complexity index is 434. The zero-order chi connectivity index (χ0) is 14.5. The Balaban J connectivity index is 2.06. The molecule has 1 aromatic heterocycles. The molecule has 1 fully saturated rings. The van der Waals surface area contributed by atoms with E-state index in [1.54, 1.807) is 0 Å². The van der Waals surface area contributed by atoms with Gasteiger partial charge in [0.25, 0.3) is 0 Å². The Labute approximate surface area is 122 Å². The second-order valence-electron chi connectivity index (χ2n) is 5.62. The first-order valence-corrected chi connectivity index (χ1v) is 7.72. The number of anilines is 2. The van der Waals surface area contributed by atoms with Crippen molar-refractivity contribution in [1.29, 1.82) is 0 Å². The summed E-state index contributed by atoms with van der Waals surface area (Å²) >= 11 is 0. The lowest BCUT2D eigenvalue weighted by atomic mass is 10.2. The van der Waals surface area contributed by atoms with Crippen molar-refractivity contribution in [2.45, 2.75) is 45.6 Å². The molecule has 2 N–H and O–H groups in total. The van der Waals surface area contributed by atoms with E-state index in [0.717, 1.165) is 37.6 Å². The summed E-state index contributed by atoms with van der Waals surface area (Å²) in [6, 6.07) is 2.51. The number of aromatic nitrogens is 2. The summed E-state index contributed by atoms with van der Waals surface area (Å²) in [5, 5.41) is 0. The SMILES string of the molecule is CCCc1nc(N)cc(N(C)CC2CCCN2CC)n1. The molecule has 1 aliphatic rings. The van der Waals surface area contributed by atoms with E-state index in [2.05, 4.69) is 40.7 Å². The van der Waals surface area contributed by atoms with Crippen LogP contribution in [-0.2, 0) is 6.42 Å². The molecule has 0 amide bonds. The lowest BCUT2D eigenvalue weighted by Gasteiger charge is -2.28. The van der Waals surface area contributed by atoms with Crippen molar-refractivity contribution in [1.82, 2.24) is 14.9 Å². The molecule has 5 nitrogen and oxygen atoms in total. The fourth-order valence-corrected chi connectivity index (χ4v) is 2.96. The number of nitrogen functional groups attached to an aromatic ring is 1. The minimum Gasteiger partial charge on any atom is -0.384 e. The first-order chi connectivity index (χ1) is 9.63. The van der Waals surface area contributed by atoms with Crippen LogP contribution < -0.4 is 10.6 Å². The lowest BCUT2D eigenvalue weighted by molar-refractivity contribution is 0.270. The monoisotopic (exact) mass is 277 g/mol. The molecule has 0 aliphatic carbocycles. The molecule has 112 valence electrons. The maximum Gasteiger partial charge on any atom is 0.134 e. The normalized spacial score (nSPS) is 19.4. The molecule has 5 heteroatoms. The van der Waals surface area contributed by atoms with Crippen LogP contribution in [0.15, 0.2) is 6.07 Å². The molecule has 0 bridgehead atoms. The van der Waals surface area contributed by atoms with E-state index in [4.69, 9.17) is 5.73 Å². The topological polar surface area (TPSA) is 58.3 Å². The number of aryl methyl sites for hydroxylation is 1. The van der Waals surface area contributed by atoms with E-state index in [1.165, 1.54) is 19.4 Å². The van der Waals surface area contributed by atoms with Crippen molar-refractivity contribution in [2.75, 3.05) is 37.3 Å². The summed E-state index contributed by atoms with van der Waals surface area (Å²) < 4.78 is 0. The summed E-state index contributed by atoms with van der Waals surface area (Å²) in [5.74, 6) is 2.38. The summed E-state index contributed by atoms with van der Waals surface area (Å²) in [4.78, 5) is 13.7. The first kappa shape index (κ1) is 15.0. The second-order valence-corrected chi connectivity index (χ2v) is 5.62. The van der Waals surface area contributed by atoms with Gasteiger partial charge in [-0.05, 0) is 32.4 Å². The van der Waals surface area contributed by atoms with Gasteiger partial charge in [0, 0.05) is 32.1 Å². The Morgan fingerprint density at radius 1 is 1.40 bits per heavy atom. The van der Waals surface area contributed by atoms with E-state index >= 15 is 0 Å². The van der Waals surface area contributed by atoms with Crippen LogP contribution >= 0.6 is 0 Å². The van der Waals surface area contributed by atoms with Gasteiger partial charge in [0.05, 0.1) is 0 Å². The molecule has 0 aromatic carbocycles. The van der Waals surface area contributed by atoms with Gasteiger partial charge in [-0.25, -0.2) is 9.97 Å². The van der Waals surface area contributed by atoms with E-state index in [1.807, 2.05) is 6.07 Å². The molecule has 1 saturated heterocycles. The Morgan fingerprint density at radius 3 is 2.90 bits per heavy atom. The molecule has 1 atom stereocenters. The Kier molecular flexibility index (Phi) is 5.17. The summed E-state index contributed by atoms with van der Waals surface area (Å²) in [6.45, 7) is 7.73. The van der Waals surface area contributed by atoms with E-state index in [9.17, 15) is 0 Å².